The summed E-state index contributed by atoms with van der Waals surface area (Å²) < 4.78 is 52.4. The molecule has 32 heavy (non-hydrogen) atoms. The van der Waals surface area contributed by atoms with Gasteiger partial charge in [-0.15, -0.1) is 0 Å². The van der Waals surface area contributed by atoms with Crippen LogP contribution in [0.2, 0.25) is 0 Å². The van der Waals surface area contributed by atoms with Crippen molar-refractivity contribution in [2.24, 2.45) is 0 Å². The highest BCUT2D eigenvalue weighted by Gasteiger charge is 2.40. The maximum absolute atomic E-state index is 13.6. The third-order valence-corrected chi connectivity index (χ3v) is 5.45. The first-order chi connectivity index (χ1) is 15.3. The fraction of sp³-hybridized carbons (Fsp3) is 0.381. The predicted octanol–water partition coefficient (Wildman–Crippen LogP) is 4.34. The van der Waals surface area contributed by atoms with Crippen molar-refractivity contribution < 1.29 is 27.4 Å². The lowest BCUT2D eigenvalue weighted by molar-refractivity contribution is -0.147. The van der Waals surface area contributed by atoms with Crippen LogP contribution in [0.3, 0.4) is 0 Å². The maximum atomic E-state index is 13.6. The van der Waals surface area contributed by atoms with Gasteiger partial charge in [-0.05, 0) is 37.1 Å². The molecule has 1 aliphatic rings. The number of imidazole rings is 1. The average molecular weight is 449 g/mol. The molecule has 0 atom stereocenters. The van der Waals surface area contributed by atoms with Crippen LogP contribution in [0.1, 0.15) is 24.7 Å². The van der Waals surface area contributed by atoms with Crippen LogP contribution >= 0.6 is 0 Å². The smallest absolute Gasteiger partial charge is 0.449 e. The van der Waals surface area contributed by atoms with Gasteiger partial charge in [0.25, 0.3) is 0 Å². The number of nitrogens with zero attached hydrogens (tertiary/aromatic N) is 4. The van der Waals surface area contributed by atoms with E-state index in [1.807, 2.05) is 0 Å². The van der Waals surface area contributed by atoms with E-state index in [0.717, 1.165) is 0 Å². The largest absolute Gasteiger partial charge is 0.493 e. The molecule has 3 aromatic rings. The molecule has 11 heteroatoms. The lowest BCUT2D eigenvalue weighted by Crippen LogP contribution is -2.42. The van der Waals surface area contributed by atoms with Gasteiger partial charge in [0.1, 0.15) is 5.52 Å². The number of aromatic nitrogens is 3. The van der Waals surface area contributed by atoms with E-state index >= 15 is 0 Å². The number of alkyl halides is 3. The Hall–Kier alpha value is -3.50. The van der Waals surface area contributed by atoms with Gasteiger partial charge in [-0.25, -0.2) is 14.8 Å². The highest BCUT2D eigenvalue weighted by Crippen LogP contribution is 2.36. The summed E-state index contributed by atoms with van der Waals surface area (Å²) in [5.41, 5.74) is 0.931. The molecule has 8 nitrogen and oxygen atoms in total. The Balaban J connectivity index is 1.48. The summed E-state index contributed by atoms with van der Waals surface area (Å²) in [7, 11) is 3.02. The topological polar surface area (TPSA) is 81.5 Å². The molecular formula is C21H22F3N5O3. The van der Waals surface area contributed by atoms with Gasteiger partial charge in [0.15, 0.2) is 17.1 Å². The fourth-order valence-corrected chi connectivity index (χ4v) is 3.92. The van der Waals surface area contributed by atoms with E-state index in [1.54, 1.807) is 29.2 Å². The van der Waals surface area contributed by atoms with E-state index in [2.05, 4.69) is 15.3 Å². The lowest BCUT2D eigenvalue weighted by atomic mass is 10.0. The third kappa shape index (κ3) is 4.14. The second-order valence-electron chi connectivity index (χ2n) is 7.37. The Morgan fingerprint density at radius 2 is 1.84 bits per heavy atom. The molecule has 0 radical (unpaired) electrons. The zero-order chi connectivity index (χ0) is 22.9. The van der Waals surface area contributed by atoms with Gasteiger partial charge in [-0.1, -0.05) is 0 Å². The number of rotatable bonds is 4. The van der Waals surface area contributed by atoms with Gasteiger partial charge in [0.05, 0.1) is 14.2 Å². The highest BCUT2D eigenvalue weighted by atomic mass is 19.4. The van der Waals surface area contributed by atoms with E-state index < -0.39 is 18.0 Å². The first-order valence-corrected chi connectivity index (χ1v) is 10.00. The fourth-order valence-electron chi connectivity index (χ4n) is 3.92. The van der Waals surface area contributed by atoms with Crippen LogP contribution in [0.5, 0.6) is 11.5 Å². The highest BCUT2D eigenvalue weighted by molar-refractivity contribution is 5.89. The van der Waals surface area contributed by atoms with Crippen molar-refractivity contribution in [2.45, 2.75) is 25.1 Å². The third-order valence-electron chi connectivity index (χ3n) is 5.45. The number of benzene rings is 1. The van der Waals surface area contributed by atoms with Crippen molar-refractivity contribution in [3.8, 4) is 11.5 Å². The molecule has 1 saturated heterocycles. The van der Waals surface area contributed by atoms with Crippen molar-refractivity contribution in [1.82, 2.24) is 19.4 Å². The van der Waals surface area contributed by atoms with Crippen LogP contribution in [-0.4, -0.2) is 52.8 Å². The van der Waals surface area contributed by atoms with E-state index in [4.69, 9.17) is 9.47 Å². The molecule has 2 amide bonds. The number of carbonyl (C=O) groups is 1. The van der Waals surface area contributed by atoms with E-state index in [9.17, 15) is 18.0 Å². The molecule has 0 aliphatic carbocycles. The molecule has 4 rings (SSSR count). The Bertz CT molecular complexity index is 1120. The Morgan fingerprint density at radius 3 is 2.50 bits per heavy atom. The van der Waals surface area contributed by atoms with Crippen LogP contribution in [-0.2, 0) is 6.18 Å². The molecule has 3 heterocycles. The summed E-state index contributed by atoms with van der Waals surface area (Å²) in [5.74, 6) is 0.0514. The number of pyridine rings is 1. The summed E-state index contributed by atoms with van der Waals surface area (Å²) >= 11 is 0. The molecule has 0 spiro atoms. The number of piperidine rings is 1. The number of likely N-dealkylation sites (tertiary alicyclic amines) is 1. The summed E-state index contributed by atoms with van der Waals surface area (Å²) in [6.45, 7) is 0.598. The number of hydrogen-bond donors (Lipinski definition) is 1. The SMILES string of the molecule is COc1ccc(NC(=O)N2CCC(n3c(C(F)(F)F)nc4cccnc43)CC2)cc1OC. The standard InChI is InChI=1S/C21H22F3N5O3/c1-31-16-6-5-13(12-17(16)32-2)26-20(30)28-10-7-14(8-11-28)29-18-15(4-3-9-25-18)27-19(29)21(22,23)24/h3-6,9,12,14H,7-8,10-11H2,1-2H3,(H,26,30). The van der Waals surface area contributed by atoms with Crippen molar-refractivity contribution in [1.29, 1.82) is 0 Å². The van der Waals surface area contributed by atoms with Crippen molar-refractivity contribution >= 4 is 22.9 Å². The number of hydrogen-bond acceptors (Lipinski definition) is 5. The number of halogens is 3. The second-order valence-corrected chi connectivity index (χ2v) is 7.37. The summed E-state index contributed by atoms with van der Waals surface area (Å²) in [6.07, 6.45) is -2.44. The van der Waals surface area contributed by atoms with Crippen molar-refractivity contribution in [2.75, 3.05) is 32.6 Å². The van der Waals surface area contributed by atoms with Gasteiger partial charge in [-0.3, -0.25) is 0 Å². The maximum Gasteiger partial charge on any atom is 0.449 e. The first-order valence-electron chi connectivity index (χ1n) is 10.00. The van der Waals surface area contributed by atoms with E-state index in [1.165, 1.54) is 31.0 Å². The predicted molar refractivity (Wildman–Crippen MR) is 111 cm³/mol. The molecule has 1 aromatic carbocycles. The number of anilines is 1. The number of nitrogens with one attached hydrogen (secondary N) is 1. The Morgan fingerprint density at radius 1 is 1.12 bits per heavy atom. The molecule has 1 aliphatic heterocycles. The number of ether oxygens (including phenoxy) is 2. The number of fused-ring (bicyclic) bond motifs is 1. The Labute approximate surface area is 182 Å². The summed E-state index contributed by atoms with van der Waals surface area (Å²) in [4.78, 5) is 22.1. The first kappa shape index (κ1) is 21.7. The summed E-state index contributed by atoms with van der Waals surface area (Å²) in [6, 6.07) is 7.28. The minimum absolute atomic E-state index is 0.202. The number of amides is 2. The van der Waals surface area contributed by atoms with E-state index in [0.29, 0.717) is 43.1 Å². The van der Waals surface area contributed by atoms with Crippen LogP contribution < -0.4 is 14.8 Å². The zero-order valence-corrected chi connectivity index (χ0v) is 17.5. The Kier molecular flexibility index (Phi) is 5.81. The van der Waals surface area contributed by atoms with Crippen LogP contribution in [0.4, 0.5) is 23.7 Å². The average Bonchev–Trinajstić information content (AvgIpc) is 3.19. The molecule has 0 bridgehead atoms. The van der Waals surface area contributed by atoms with Gasteiger partial charge in [0.2, 0.25) is 5.82 Å². The van der Waals surface area contributed by atoms with Crippen molar-refractivity contribution in [3.05, 3.63) is 42.4 Å². The van der Waals surface area contributed by atoms with Gasteiger partial charge >= 0.3 is 12.2 Å². The zero-order valence-electron chi connectivity index (χ0n) is 17.5. The molecular weight excluding hydrogens is 427 g/mol. The number of urea groups is 1. The minimum atomic E-state index is -4.59. The van der Waals surface area contributed by atoms with Gasteiger partial charge < -0.3 is 24.3 Å². The number of carbonyl (C=O) groups excluding carboxylic acids is 1. The molecule has 1 fully saturated rings. The number of methoxy groups -OCH3 is 2. The lowest BCUT2D eigenvalue weighted by Gasteiger charge is -2.33. The molecule has 170 valence electrons. The van der Waals surface area contributed by atoms with E-state index in [-0.39, 0.29) is 17.2 Å². The quantitative estimate of drug-likeness (QED) is 0.641. The van der Waals surface area contributed by atoms with Crippen LogP contribution in [0.25, 0.3) is 11.2 Å². The second kappa shape index (κ2) is 8.56. The minimum Gasteiger partial charge on any atom is -0.493 e. The molecule has 1 N–H and O–H groups in total. The normalized spacial score (nSPS) is 15.1. The monoisotopic (exact) mass is 449 g/mol. The molecule has 0 saturated carbocycles. The summed E-state index contributed by atoms with van der Waals surface area (Å²) in [5, 5.41) is 2.79. The van der Waals surface area contributed by atoms with Gasteiger partial charge in [0, 0.05) is 37.1 Å². The molecule has 2 aromatic heterocycles. The van der Waals surface area contributed by atoms with Crippen molar-refractivity contribution in [3.63, 3.8) is 0 Å². The van der Waals surface area contributed by atoms with Gasteiger partial charge in [-0.2, -0.15) is 13.2 Å². The molecule has 0 unspecified atom stereocenters. The van der Waals surface area contributed by atoms with Crippen LogP contribution in [0, 0.1) is 0 Å². The van der Waals surface area contributed by atoms with Crippen LogP contribution in [0.15, 0.2) is 36.5 Å².